The van der Waals surface area contributed by atoms with E-state index in [1.807, 2.05) is 0 Å². The molecule has 10 aliphatic carbocycles. The fraction of sp³-hybridized carbons (Fsp3) is 0.875. The summed E-state index contributed by atoms with van der Waals surface area (Å²) in [4.78, 5) is 0. The van der Waals surface area contributed by atoms with Crippen LogP contribution in [0.25, 0.3) is 0 Å². The van der Waals surface area contributed by atoms with Gasteiger partial charge in [0.15, 0.2) is 0 Å². The van der Waals surface area contributed by atoms with Gasteiger partial charge in [-0.15, -0.1) is 0 Å². The second-order valence-electron chi connectivity index (χ2n) is 14.2. The number of fused-ring (bicyclic) bond motifs is 24. The zero-order chi connectivity index (χ0) is 19.8. The molecule has 0 aromatic heterocycles. The van der Waals surface area contributed by atoms with Gasteiger partial charge < -0.3 is 0 Å². The van der Waals surface area contributed by atoms with Crippen LogP contribution >= 0.6 is 0 Å². The van der Waals surface area contributed by atoms with Gasteiger partial charge in [-0.05, 0) is 146 Å². The number of hydrogen-bond donors (Lipinski definition) is 0. The first-order chi connectivity index (χ1) is 15.4. The summed E-state index contributed by atoms with van der Waals surface area (Å²) in [5.41, 5.74) is 0. The minimum absolute atomic E-state index is 0. The van der Waals surface area contributed by atoms with Crippen molar-refractivity contribution in [3.8, 4) is 0 Å². The highest BCUT2D eigenvalue weighted by Crippen LogP contribution is 2.72. The van der Waals surface area contributed by atoms with E-state index >= 15 is 0 Å². The molecule has 0 heteroatoms. The highest BCUT2D eigenvalue weighted by molar-refractivity contribution is 5.23. The highest BCUT2D eigenvalue weighted by atomic mass is 14.7. The molecule has 0 amide bonds. The van der Waals surface area contributed by atoms with Crippen molar-refractivity contribution in [3.05, 3.63) is 24.3 Å². The van der Waals surface area contributed by atoms with Crippen molar-refractivity contribution in [2.75, 3.05) is 0 Å². The fourth-order valence-electron chi connectivity index (χ4n) is 13.6. The maximum atomic E-state index is 2.59. The molecule has 16 unspecified atom stereocenters. The standard InChI is InChI=1S/C16H22.C15H20.CH4/c1-2-4-12-11(3-1)13-8-14(12)16-10-6-5-9(7-10)15(13)16;1-2-10-11(3-1)13-7-12(10)14-8-4-5-9(6-8)15(13)14;/h5-6,9-16H,1-4,7-8H2;4-5,8-15H,1-3,6-7H2;1H4. The third-order valence-electron chi connectivity index (χ3n) is 13.9. The summed E-state index contributed by atoms with van der Waals surface area (Å²) in [5.74, 6) is 18.1. The molecule has 0 N–H and O–H groups in total. The summed E-state index contributed by atoms with van der Waals surface area (Å²) in [6, 6.07) is 0. The lowest BCUT2D eigenvalue weighted by atomic mass is 9.61. The van der Waals surface area contributed by atoms with E-state index in [2.05, 4.69) is 24.3 Å². The first-order valence-electron chi connectivity index (χ1n) is 14.7. The number of rotatable bonds is 0. The average molecular weight is 431 g/mol. The normalized spacial score (nSPS) is 64.2. The van der Waals surface area contributed by atoms with Crippen LogP contribution < -0.4 is 0 Å². The lowest BCUT2D eigenvalue weighted by Gasteiger charge is -2.44. The molecular formula is C32H46. The van der Waals surface area contributed by atoms with Crippen molar-refractivity contribution in [2.45, 2.75) is 78.1 Å². The van der Waals surface area contributed by atoms with Gasteiger partial charge in [-0.1, -0.05) is 51.0 Å². The van der Waals surface area contributed by atoms with Crippen molar-refractivity contribution in [3.63, 3.8) is 0 Å². The first-order valence-corrected chi connectivity index (χ1v) is 14.7. The van der Waals surface area contributed by atoms with Crippen LogP contribution in [0, 0.1) is 94.7 Å². The minimum atomic E-state index is 0. The molecule has 10 aliphatic rings. The summed E-state index contributed by atoms with van der Waals surface area (Å²) < 4.78 is 0. The smallest absolute Gasteiger partial charge is 0.0194 e. The Labute approximate surface area is 197 Å². The van der Waals surface area contributed by atoms with Gasteiger partial charge in [-0.2, -0.15) is 0 Å². The molecule has 0 nitrogen and oxygen atoms in total. The van der Waals surface area contributed by atoms with Crippen LogP contribution in [0.1, 0.15) is 78.1 Å². The molecule has 174 valence electrons. The van der Waals surface area contributed by atoms with Crippen molar-refractivity contribution >= 4 is 0 Å². The van der Waals surface area contributed by atoms with Gasteiger partial charge in [0, 0.05) is 0 Å². The van der Waals surface area contributed by atoms with E-state index in [9.17, 15) is 0 Å². The van der Waals surface area contributed by atoms with Crippen molar-refractivity contribution in [1.82, 2.24) is 0 Å². The summed E-state index contributed by atoms with van der Waals surface area (Å²) in [6.07, 6.45) is 27.7. The quantitative estimate of drug-likeness (QED) is 0.270. The van der Waals surface area contributed by atoms with E-state index in [1.54, 1.807) is 70.6 Å². The monoisotopic (exact) mass is 430 g/mol. The molecule has 16 atom stereocenters. The van der Waals surface area contributed by atoms with Crippen LogP contribution in [0.3, 0.4) is 0 Å². The van der Waals surface area contributed by atoms with E-state index in [1.165, 1.54) is 47.3 Å². The van der Waals surface area contributed by atoms with E-state index in [0.29, 0.717) is 0 Å². The first kappa shape index (κ1) is 19.8. The van der Waals surface area contributed by atoms with E-state index in [0.717, 1.165) is 47.3 Å². The zero-order valence-corrected chi connectivity index (χ0v) is 19.3. The van der Waals surface area contributed by atoms with Gasteiger partial charge in [0.2, 0.25) is 0 Å². The molecule has 32 heavy (non-hydrogen) atoms. The topological polar surface area (TPSA) is 0 Å². The Morgan fingerprint density at radius 1 is 0.344 bits per heavy atom. The second kappa shape index (κ2) is 6.79. The summed E-state index contributed by atoms with van der Waals surface area (Å²) in [7, 11) is 0. The molecule has 0 saturated heterocycles. The highest BCUT2D eigenvalue weighted by Gasteiger charge is 2.65. The van der Waals surface area contributed by atoms with Gasteiger partial charge in [-0.3, -0.25) is 0 Å². The predicted molar refractivity (Wildman–Crippen MR) is 132 cm³/mol. The molecule has 8 bridgehead atoms. The van der Waals surface area contributed by atoms with Gasteiger partial charge in [-0.25, -0.2) is 0 Å². The Morgan fingerprint density at radius 2 is 0.656 bits per heavy atom. The molecule has 0 spiro atoms. The molecule has 8 fully saturated rings. The number of allylic oxidation sites excluding steroid dienone is 4. The molecule has 8 saturated carbocycles. The molecule has 0 radical (unpaired) electrons. The van der Waals surface area contributed by atoms with Crippen LogP contribution in [-0.2, 0) is 0 Å². The molecule has 0 heterocycles. The van der Waals surface area contributed by atoms with Crippen molar-refractivity contribution < 1.29 is 0 Å². The van der Waals surface area contributed by atoms with Crippen LogP contribution in [0.15, 0.2) is 24.3 Å². The predicted octanol–water partition coefficient (Wildman–Crippen LogP) is 8.01. The van der Waals surface area contributed by atoms with Crippen LogP contribution in [0.2, 0.25) is 0 Å². The summed E-state index contributed by atoms with van der Waals surface area (Å²) in [5, 5.41) is 0. The average Bonchev–Trinajstić information content (AvgIpc) is 3.66. The molecule has 0 aliphatic heterocycles. The van der Waals surface area contributed by atoms with Crippen LogP contribution in [0.5, 0.6) is 0 Å². The SMILES string of the molecule is C.C1=CC2CC1C1C3CC(C4CCCC43)C21.C1=CC2CC1C1C3CC(C4CCCCC43)C21. The third-order valence-corrected chi connectivity index (χ3v) is 13.9. The van der Waals surface area contributed by atoms with Gasteiger partial charge in [0.1, 0.15) is 0 Å². The Morgan fingerprint density at radius 3 is 1.00 bits per heavy atom. The van der Waals surface area contributed by atoms with Crippen molar-refractivity contribution in [1.29, 1.82) is 0 Å². The minimum Gasteiger partial charge on any atom is -0.0848 e. The van der Waals surface area contributed by atoms with E-state index < -0.39 is 0 Å². The van der Waals surface area contributed by atoms with Gasteiger partial charge >= 0.3 is 0 Å². The maximum absolute atomic E-state index is 2.59. The molecule has 0 aromatic carbocycles. The third kappa shape index (κ3) is 2.28. The van der Waals surface area contributed by atoms with Crippen LogP contribution in [-0.4, -0.2) is 0 Å². The lowest BCUT2D eigenvalue weighted by molar-refractivity contribution is 0.0579. The summed E-state index contributed by atoms with van der Waals surface area (Å²) in [6.45, 7) is 0. The molecule has 10 rings (SSSR count). The fourth-order valence-corrected chi connectivity index (χ4v) is 13.6. The van der Waals surface area contributed by atoms with E-state index in [4.69, 9.17) is 0 Å². The largest absolute Gasteiger partial charge is 0.0848 e. The molecular weight excluding hydrogens is 384 g/mol. The Hall–Kier alpha value is -0.520. The van der Waals surface area contributed by atoms with Crippen molar-refractivity contribution in [2.24, 2.45) is 94.7 Å². The van der Waals surface area contributed by atoms with Gasteiger partial charge in [0.25, 0.3) is 0 Å². The Kier molecular flexibility index (Phi) is 4.19. The zero-order valence-electron chi connectivity index (χ0n) is 19.3. The van der Waals surface area contributed by atoms with Gasteiger partial charge in [0.05, 0.1) is 0 Å². The Balaban J connectivity index is 0.000000103. The second-order valence-corrected chi connectivity index (χ2v) is 14.2. The Bertz CT molecular complexity index is 773. The summed E-state index contributed by atoms with van der Waals surface area (Å²) >= 11 is 0. The number of hydrogen-bond acceptors (Lipinski definition) is 0. The van der Waals surface area contributed by atoms with E-state index in [-0.39, 0.29) is 7.43 Å². The lowest BCUT2D eigenvalue weighted by Crippen LogP contribution is -2.38. The van der Waals surface area contributed by atoms with Crippen LogP contribution in [0.4, 0.5) is 0 Å². The maximum Gasteiger partial charge on any atom is -0.0194 e. The molecule has 0 aromatic rings.